The fraction of sp³-hybridized carbons (Fsp3) is 0.714. The first kappa shape index (κ1) is 17.0. The van der Waals surface area contributed by atoms with Crippen molar-refractivity contribution in [1.29, 1.82) is 0 Å². The molecule has 0 bridgehead atoms. The van der Waals surface area contributed by atoms with Crippen LogP contribution < -0.4 is 11.1 Å². The van der Waals surface area contributed by atoms with Crippen LogP contribution in [0, 0.1) is 5.92 Å². The van der Waals surface area contributed by atoms with E-state index in [9.17, 15) is 4.79 Å². The maximum atomic E-state index is 12.4. The average Bonchev–Trinajstić information content (AvgIpc) is 2.75. The molecule has 1 aromatic rings. The highest BCUT2D eigenvalue weighted by atomic mass is 35.5. The lowest BCUT2D eigenvalue weighted by atomic mass is 9.74. The molecule has 1 amide bonds. The number of aryl methyl sites for hydroxylation is 1. The summed E-state index contributed by atoms with van der Waals surface area (Å²) in [5, 5.41) is 7.19. The Morgan fingerprint density at radius 1 is 1.60 bits per heavy atom. The van der Waals surface area contributed by atoms with Crippen LogP contribution in [0.4, 0.5) is 0 Å². The van der Waals surface area contributed by atoms with Crippen molar-refractivity contribution in [3.63, 3.8) is 0 Å². The Morgan fingerprint density at radius 2 is 2.30 bits per heavy atom. The predicted octanol–water partition coefficient (Wildman–Crippen LogP) is 1.93. The molecular formula is C14H25ClN4O. The fourth-order valence-corrected chi connectivity index (χ4v) is 2.85. The third-order valence-electron chi connectivity index (χ3n) is 4.15. The number of nitrogens with zero attached hydrogens (tertiary/aromatic N) is 2. The smallest absolute Gasteiger partial charge is 0.225 e. The molecule has 1 fully saturated rings. The standard InChI is InChI=1S/C14H24N4O.ClH/c1-10(11-8-16-18(3)9-11)17-13(19)12-6-4-5-7-14(12,2)15;/h8-10,12H,4-7,15H2,1-3H3,(H,17,19);1H. The van der Waals surface area contributed by atoms with Gasteiger partial charge in [-0.1, -0.05) is 12.8 Å². The molecule has 20 heavy (non-hydrogen) atoms. The van der Waals surface area contributed by atoms with Gasteiger partial charge in [0.2, 0.25) is 5.91 Å². The van der Waals surface area contributed by atoms with Crippen LogP contribution >= 0.6 is 12.4 Å². The number of rotatable bonds is 3. The van der Waals surface area contributed by atoms with Crippen LogP contribution in [0.25, 0.3) is 0 Å². The number of nitrogens with two attached hydrogens (primary N) is 1. The van der Waals surface area contributed by atoms with Gasteiger partial charge in [-0.05, 0) is 26.7 Å². The monoisotopic (exact) mass is 300 g/mol. The molecule has 114 valence electrons. The Balaban J connectivity index is 0.00000200. The van der Waals surface area contributed by atoms with E-state index in [0.29, 0.717) is 0 Å². The highest BCUT2D eigenvalue weighted by molar-refractivity contribution is 5.85. The molecule has 3 unspecified atom stereocenters. The first-order chi connectivity index (χ1) is 8.90. The SMILES string of the molecule is CC(NC(=O)C1CCCCC1(C)N)c1cnn(C)c1.Cl. The van der Waals surface area contributed by atoms with E-state index in [1.807, 2.05) is 27.1 Å². The Kier molecular flexibility index (Phi) is 5.59. The van der Waals surface area contributed by atoms with Gasteiger partial charge >= 0.3 is 0 Å². The molecule has 0 spiro atoms. The fourth-order valence-electron chi connectivity index (χ4n) is 2.85. The summed E-state index contributed by atoms with van der Waals surface area (Å²) in [6.45, 7) is 3.97. The second-order valence-electron chi connectivity index (χ2n) is 5.98. The number of nitrogens with one attached hydrogen (secondary N) is 1. The van der Waals surface area contributed by atoms with Gasteiger partial charge in [-0.15, -0.1) is 12.4 Å². The molecule has 0 aromatic carbocycles. The molecule has 5 nitrogen and oxygen atoms in total. The van der Waals surface area contributed by atoms with E-state index in [2.05, 4.69) is 10.4 Å². The number of aromatic nitrogens is 2. The summed E-state index contributed by atoms with van der Waals surface area (Å²) in [4.78, 5) is 12.4. The number of hydrogen-bond donors (Lipinski definition) is 2. The predicted molar refractivity (Wildman–Crippen MR) is 81.6 cm³/mol. The first-order valence-electron chi connectivity index (χ1n) is 6.98. The van der Waals surface area contributed by atoms with E-state index in [4.69, 9.17) is 5.73 Å². The van der Waals surface area contributed by atoms with E-state index >= 15 is 0 Å². The number of halogens is 1. The zero-order valence-corrected chi connectivity index (χ0v) is 13.2. The maximum absolute atomic E-state index is 12.4. The molecule has 0 radical (unpaired) electrons. The van der Waals surface area contributed by atoms with Crippen LogP contribution in [0.5, 0.6) is 0 Å². The van der Waals surface area contributed by atoms with Crippen LogP contribution in [0.1, 0.15) is 51.1 Å². The largest absolute Gasteiger partial charge is 0.349 e. The van der Waals surface area contributed by atoms with Gasteiger partial charge in [-0.3, -0.25) is 9.48 Å². The zero-order chi connectivity index (χ0) is 14.0. The van der Waals surface area contributed by atoms with Crippen molar-refractivity contribution in [3.8, 4) is 0 Å². The van der Waals surface area contributed by atoms with E-state index in [1.165, 1.54) is 0 Å². The van der Waals surface area contributed by atoms with E-state index in [1.54, 1.807) is 10.9 Å². The quantitative estimate of drug-likeness (QED) is 0.896. The van der Waals surface area contributed by atoms with Crippen molar-refractivity contribution in [2.24, 2.45) is 18.7 Å². The molecule has 2 rings (SSSR count). The molecule has 0 aliphatic heterocycles. The molecule has 1 heterocycles. The van der Waals surface area contributed by atoms with Crippen LogP contribution in [0.3, 0.4) is 0 Å². The van der Waals surface area contributed by atoms with Gasteiger partial charge in [0, 0.05) is 24.3 Å². The van der Waals surface area contributed by atoms with Gasteiger partial charge in [0.25, 0.3) is 0 Å². The number of amides is 1. The Bertz CT molecular complexity index is 458. The zero-order valence-electron chi connectivity index (χ0n) is 12.4. The molecule has 1 aliphatic carbocycles. The third-order valence-corrected chi connectivity index (χ3v) is 4.15. The molecule has 1 saturated carbocycles. The lowest BCUT2D eigenvalue weighted by molar-refractivity contribution is -0.128. The highest BCUT2D eigenvalue weighted by Gasteiger charge is 2.38. The van der Waals surface area contributed by atoms with Crippen molar-refractivity contribution in [2.75, 3.05) is 0 Å². The molecule has 3 atom stereocenters. The van der Waals surface area contributed by atoms with E-state index < -0.39 is 0 Å². The van der Waals surface area contributed by atoms with E-state index in [0.717, 1.165) is 31.2 Å². The lowest BCUT2D eigenvalue weighted by Crippen LogP contribution is -2.53. The average molecular weight is 301 g/mol. The summed E-state index contributed by atoms with van der Waals surface area (Å²) >= 11 is 0. The Labute approximate surface area is 126 Å². The van der Waals surface area contributed by atoms with Crippen LogP contribution in [0.15, 0.2) is 12.4 Å². The number of carbonyl (C=O) groups is 1. The summed E-state index contributed by atoms with van der Waals surface area (Å²) < 4.78 is 1.74. The normalized spacial score (nSPS) is 27.5. The molecule has 6 heteroatoms. The second-order valence-corrected chi connectivity index (χ2v) is 5.98. The van der Waals surface area contributed by atoms with Crippen molar-refractivity contribution >= 4 is 18.3 Å². The molecule has 1 aromatic heterocycles. The van der Waals surface area contributed by atoms with Crippen molar-refractivity contribution in [2.45, 2.75) is 51.1 Å². The molecule has 0 saturated heterocycles. The topological polar surface area (TPSA) is 72.9 Å². The van der Waals surface area contributed by atoms with Gasteiger partial charge in [-0.25, -0.2) is 0 Å². The van der Waals surface area contributed by atoms with Gasteiger partial charge in [0.05, 0.1) is 18.2 Å². The minimum Gasteiger partial charge on any atom is -0.349 e. The Morgan fingerprint density at radius 3 is 2.85 bits per heavy atom. The van der Waals surface area contributed by atoms with Crippen LogP contribution in [-0.4, -0.2) is 21.2 Å². The summed E-state index contributed by atoms with van der Waals surface area (Å²) in [7, 11) is 1.87. The first-order valence-corrected chi connectivity index (χ1v) is 6.98. The minimum atomic E-state index is -0.378. The van der Waals surface area contributed by atoms with Gasteiger partial charge in [0.15, 0.2) is 0 Å². The van der Waals surface area contributed by atoms with Crippen LogP contribution in [0.2, 0.25) is 0 Å². The molecule has 3 N–H and O–H groups in total. The summed E-state index contributed by atoms with van der Waals surface area (Å²) in [6, 6.07) is -0.0288. The lowest BCUT2D eigenvalue weighted by Gasteiger charge is -2.37. The van der Waals surface area contributed by atoms with Gasteiger partial charge in [0.1, 0.15) is 0 Å². The van der Waals surface area contributed by atoms with Crippen molar-refractivity contribution < 1.29 is 4.79 Å². The highest BCUT2D eigenvalue weighted by Crippen LogP contribution is 2.32. The van der Waals surface area contributed by atoms with Crippen molar-refractivity contribution in [3.05, 3.63) is 18.0 Å². The maximum Gasteiger partial charge on any atom is 0.225 e. The summed E-state index contributed by atoms with van der Waals surface area (Å²) in [5.41, 5.74) is 6.91. The number of carbonyl (C=O) groups excluding carboxylic acids is 1. The van der Waals surface area contributed by atoms with Crippen molar-refractivity contribution in [1.82, 2.24) is 15.1 Å². The van der Waals surface area contributed by atoms with Gasteiger partial charge in [-0.2, -0.15) is 5.10 Å². The second kappa shape index (κ2) is 6.59. The van der Waals surface area contributed by atoms with E-state index in [-0.39, 0.29) is 35.8 Å². The Hall–Kier alpha value is -1.07. The molecule has 1 aliphatic rings. The van der Waals surface area contributed by atoms with Gasteiger partial charge < -0.3 is 11.1 Å². The summed E-state index contributed by atoms with van der Waals surface area (Å²) in [5.74, 6) is -0.0126. The summed E-state index contributed by atoms with van der Waals surface area (Å²) in [6.07, 6.45) is 7.73. The minimum absolute atomic E-state index is 0. The number of hydrogen-bond acceptors (Lipinski definition) is 3. The molecular weight excluding hydrogens is 276 g/mol. The van der Waals surface area contributed by atoms with Crippen LogP contribution in [-0.2, 0) is 11.8 Å². The third kappa shape index (κ3) is 3.73.